The number of likely N-dealkylation sites (N-methyl/N-ethyl adjacent to an activating group) is 1. The van der Waals surface area contributed by atoms with Gasteiger partial charge in [-0.3, -0.25) is 0 Å². The Morgan fingerprint density at radius 1 is 1.56 bits per heavy atom. The molecule has 1 N–H and O–H groups in total. The molecule has 0 bridgehead atoms. The van der Waals surface area contributed by atoms with Crippen molar-refractivity contribution in [3.63, 3.8) is 0 Å². The molecule has 1 saturated heterocycles. The van der Waals surface area contributed by atoms with Gasteiger partial charge in [-0.2, -0.15) is 5.26 Å². The first-order chi connectivity index (χ1) is 8.85. The lowest BCUT2D eigenvalue weighted by Crippen LogP contribution is -2.44. The molecule has 1 unspecified atom stereocenters. The average molecular weight is 244 g/mol. The van der Waals surface area contributed by atoms with Crippen molar-refractivity contribution in [2.45, 2.75) is 32.2 Å². The second kappa shape index (κ2) is 6.36. The second-order valence-corrected chi connectivity index (χ2v) is 4.67. The molecule has 1 aliphatic rings. The summed E-state index contributed by atoms with van der Waals surface area (Å²) in [5.74, 6) is 0. The van der Waals surface area contributed by atoms with E-state index < -0.39 is 0 Å². The molecular formula is C14H20N4. The van der Waals surface area contributed by atoms with Crippen molar-refractivity contribution in [1.82, 2.24) is 10.3 Å². The summed E-state index contributed by atoms with van der Waals surface area (Å²) in [5.41, 5.74) is 1.48. The van der Waals surface area contributed by atoms with E-state index in [1.54, 1.807) is 6.20 Å². The maximum Gasteiger partial charge on any atom is 0.163 e. The van der Waals surface area contributed by atoms with Crippen molar-refractivity contribution >= 4 is 5.69 Å². The lowest BCUT2D eigenvalue weighted by molar-refractivity contribution is 0.400. The monoisotopic (exact) mass is 244 g/mol. The third-order valence-corrected chi connectivity index (χ3v) is 3.47. The predicted octanol–water partition coefficient (Wildman–Crippen LogP) is 1.92. The second-order valence-electron chi connectivity index (χ2n) is 4.67. The Morgan fingerprint density at radius 3 is 3.11 bits per heavy atom. The van der Waals surface area contributed by atoms with Gasteiger partial charge in [-0.1, -0.05) is 6.42 Å². The first kappa shape index (κ1) is 12.8. The summed E-state index contributed by atoms with van der Waals surface area (Å²) in [6.45, 7) is 5.09. The normalized spacial score (nSPS) is 19.2. The molecule has 4 nitrogen and oxygen atoms in total. The molecule has 18 heavy (non-hydrogen) atoms. The van der Waals surface area contributed by atoms with E-state index in [9.17, 15) is 0 Å². The fourth-order valence-electron chi connectivity index (χ4n) is 2.48. The summed E-state index contributed by atoms with van der Waals surface area (Å²) in [6, 6.07) is 6.59. The minimum Gasteiger partial charge on any atom is -0.368 e. The van der Waals surface area contributed by atoms with E-state index in [0.29, 0.717) is 11.7 Å². The summed E-state index contributed by atoms with van der Waals surface area (Å²) in [7, 11) is 0. The van der Waals surface area contributed by atoms with Crippen molar-refractivity contribution in [3.8, 4) is 6.07 Å². The number of nitriles is 1. The number of pyridine rings is 1. The number of nitrogens with zero attached hydrogens (tertiary/aromatic N) is 3. The minimum absolute atomic E-state index is 0.523. The van der Waals surface area contributed by atoms with Crippen LogP contribution in [0.5, 0.6) is 0 Å². The third-order valence-electron chi connectivity index (χ3n) is 3.47. The highest BCUT2D eigenvalue weighted by atomic mass is 15.2. The van der Waals surface area contributed by atoms with Crippen LogP contribution in [0.25, 0.3) is 0 Å². The van der Waals surface area contributed by atoms with E-state index in [1.807, 2.05) is 12.1 Å². The van der Waals surface area contributed by atoms with E-state index in [-0.39, 0.29) is 0 Å². The lowest BCUT2D eigenvalue weighted by Gasteiger charge is -2.31. The highest BCUT2D eigenvalue weighted by Gasteiger charge is 2.18. The molecule has 96 valence electrons. The van der Waals surface area contributed by atoms with E-state index in [4.69, 9.17) is 5.26 Å². The molecular weight excluding hydrogens is 224 g/mol. The van der Waals surface area contributed by atoms with E-state index in [2.05, 4.69) is 28.2 Å². The van der Waals surface area contributed by atoms with Crippen molar-refractivity contribution in [2.24, 2.45) is 0 Å². The third kappa shape index (κ3) is 2.99. The Hall–Kier alpha value is -1.60. The predicted molar refractivity (Wildman–Crippen MR) is 72.5 cm³/mol. The Morgan fingerprint density at radius 2 is 2.44 bits per heavy atom. The first-order valence-corrected chi connectivity index (χ1v) is 6.68. The molecule has 0 amide bonds. The van der Waals surface area contributed by atoms with Crippen molar-refractivity contribution in [1.29, 1.82) is 5.26 Å². The van der Waals surface area contributed by atoms with Gasteiger partial charge in [-0.05, 0) is 38.4 Å². The van der Waals surface area contributed by atoms with Crippen LogP contribution in [-0.4, -0.2) is 30.7 Å². The smallest absolute Gasteiger partial charge is 0.163 e. The number of nitrogens with one attached hydrogen (secondary N) is 1. The summed E-state index contributed by atoms with van der Waals surface area (Å²) in [4.78, 5) is 6.38. The molecule has 1 fully saturated rings. The van der Waals surface area contributed by atoms with Gasteiger partial charge in [0.25, 0.3) is 0 Å². The van der Waals surface area contributed by atoms with Gasteiger partial charge in [-0.25, -0.2) is 4.98 Å². The quantitative estimate of drug-likeness (QED) is 0.879. The molecule has 1 aliphatic heterocycles. The van der Waals surface area contributed by atoms with E-state index >= 15 is 0 Å². The van der Waals surface area contributed by atoms with Crippen molar-refractivity contribution in [3.05, 3.63) is 24.0 Å². The Balaban J connectivity index is 2.10. The fraction of sp³-hybridized carbons (Fsp3) is 0.571. The SMILES string of the molecule is CCN(CC1CCCCN1)c1cccnc1C#N. The van der Waals surface area contributed by atoms with Gasteiger partial charge in [0.15, 0.2) is 5.69 Å². The highest BCUT2D eigenvalue weighted by Crippen LogP contribution is 2.19. The number of hydrogen-bond donors (Lipinski definition) is 1. The fourth-order valence-corrected chi connectivity index (χ4v) is 2.48. The summed E-state index contributed by atoms with van der Waals surface area (Å²) in [6.07, 6.45) is 5.47. The number of rotatable bonds is 4. The van der Waals surface area contributed by atoms with Gasteiger partial charge >= 0.3 is 0 Å². The largest absolute Gasteiger partial charge is 0.368 e. The number of hydrogen-bond acceptors (Lipinski definition) is 4. The van der Waals surface area contributed by atoms with Crippen LogP contribution in [-0.2, 0) is 0 Å². The molecule has 0 aliphatic carbocycles. The topological polar surface area (TPSA) is 52.0 Å². The molecule has 0 radical (unpaired) electrons. The van der Waals surface area contributed by atoms with Crippen LogP contribution in [0.1, 0.15) is 31.9 Å². The van der Waals surface area contributed by atoms with Crippen LogP contribution < -0.4 is 10.2 Å². The van der Waals surface area contributed by atoms with Crippen LogP contribution in [0.3, 0.4) is 0 Å². The number of anilines is 1. The summed E-state index contributed by atoms with van der Waals surface area (Å²) in [5, 5.41) is 12.7. The molecule has 0 spiro atoms. The zero-order valence-electron chi connectivity index (χ0n) is 10.9. The maximum absolute atomic E-state index is 9.11. The zero-order chi connectivity index (χ0) is 12.8. The first-order valence-electron chi connectivity index (χ1n) is 6.68. The van der Waals surface area contributed by atoms with Crippen LogP contribution in [0.15, 0.2) is 18.3 Å². The maximum atomic E-state index is 9.11. The van der Waals surface area contributed by atoms with Crippen molar-refractivity contribution in [2.75, 3.05) is 24.5 Å². The number of piperidine rings is 1. The van der Waals surface area contributed by atoms with Gasteiger partial charge in [-0.15, -0.1) is 0 Å². The van der Waals surface area contributed by atoms with Gasteiger partial charge in [0, 0.05) is 25.3 Å². The number of aromatic nitrogens is 1. The van der Waals surface area contributed by atoms with Gasteiger partial charge in [0.05, 0.1) is 5.69 Å². The molecule has 2 rings (SSSR count). The van der Waals surface area contributed by atoms with Gasteiger partial charge in [0.2, 0.25) is 0 Å². The summed E-state index contributed by atoms with van der Waals surface area (Å²) >= 11 is 0. The van der Waals surface area contributed by atoms with E-state index in [0.717, 1.165) is 25.3 Å². The molecule has 2 heterocycles. The minimum atomic E-state index is 0.523. The molecule has 0 saturated carbocycles. The van der Waals surface area contributed by atoms with Gasteiger partial charge in [0.1, 0.15) is 6.07 Å². The Labute approximate surface area is 109 Å². The lowest BCUT2D eigenvalue weighted by atomic mass is 10.0. The molecule has 1 atom stereocenters. The van der Waals surface area contributed by atoms with E-state index in [1.165, 1.54) is 19.3 Å². The van der Waals surface area contributed by atoms with Crippen LogP contribution in [0.2, 0.25) is 0 Å². The van der Waals surface area contributed by atoms with Crippen LogP contribution >= 0.6 is 0 Å². The molecule has 1 aromatic rings. The van der Waals surface area contributed by atoms with Crippen LogP contribution in [0, 0.1) is 11.3 Å². The zero-order valence-corrected chi connectivity index (χ0v) is 10.9. The standard InChI is InChI=1S/C14H20N4/c1-2-18(11-12-6-3-4-8-16-12)14-7-5-9-17-13(14)10-15/h5,7,9,12,16H,2-4,6,8,11H2,1H3. The van der Waals surface area contributed by atoms with Crippen LogP contribution in [0.4, 0.5) is 5.69 Å². The summed E-state index contributed by atoms with van der Waals surface area (Å²) < 4.78 is 0. The Bertz CT molecular complexity index is 418. The van der Waals surface area contributed by atoms with Crippen molar-refractivity contribution < 1.29 is 0 Å². The average Bonchev–Trinajstić information content (AvgIpc) is 2.46. The molecule has 4 heteroatoms. The Kier molecular flexibility index (Phi) is 4.54. The highest BCUT2D eigenvalue weighted by molar-refractivity contribution is 5.55. The molecule has 1 aromatic heterocycles. The van der Waals surface area contributed by atoms with Gasteiger partial charge < -0.3 is 10.2 Å². The molecule has 0 aromatic carbocycles.